The van der Waals surface area contributed by atoms with Crippen molar-refractivity contribution < 1.29 is 14.4 Å². The lowest BCUT2D eigenvalue weighted by atomic mass is 9.98. The minimum Gasteiger partial charge on any atom is -0.338 e. The van der Waals surface area contributed by atoms with Gasteiger partial charge in [-0.3, -0.25) is 19.3 Å². The molecule has 1 aromatic heterocycles. The molecular weight excluding hydrogens is 386 g/mol. The Morgan fingerprint density at radius 2 is 2.00 bits per heavy atom. The molecule has 7 heteroatoms. The van der Waals surface area contributed by atoms with Gasteiger partial charge in [-0.25, -0.2) is 0 Å². The van der Waals surface area contributed by atoms with Crippen molar-refractivity contribution in [2.75, 3.05) is 18.5 Å². The maximum absolute atomic E-state index is 13.2. The van der Waals surface area contributed by atoms with Crippen molar-refractivity contribution in [3.63, 3.8) is 0 Å². The van der Waals surface area contributed by atoms with E-state index in [9.17, 15) is 14.4 Å². The number of anilines is 1. The molecule has 0 bridgehead atoms. The number of amides is 3. The fraction of sp³-hybridized carbons (Fsp3) is 0.409. The molecule has 3 amide bonds. The largest absolute Gasteiger partial charge is 0.338 e. The van der Waals surface area contributed by atoms with Crippen molar-refractivity contribution >= 4 is 34.7 Å². The van der Waals surface area contributed by atoms with Crippen LogP contribution in [0.15, 0.2) is 41.8 Å². The topological polar surface area (TPSA) is 60.9 Å². The summed E-state index contributed by atoms with van der Waals surface area (Å²) in [7, 11) is 1.80. The van der Waals surface area contributed by atoms with E-state index in [2.05, 4.69) is 0 Å². The molecule has 2 aromatic rings. The lowest BCUT2D eigenvalue weighted by Crippen LogP contribution is -2.62. The molecule has 0 N–H and O–H groups in total. The number of carbonyl (C=O) groups excluding carboxylic acids is 3. The summed E-state index contributed by atoms with van der Waals surface area (Å²) in [6, 6.07) is 11.2. The van der Waals surface area contributed by atoms with Gasteiger partial charge in [0, 0.05) is 31.3 Å². The Kier molecular flexibility index (Phi) is 4.94. The summed E-state index contributed by atoms with van der Waals surface area (Å²) in [5, 5.41) is 2.00. The molecule has 2 atom stereocenters. The van der Waals surface area contributed by atoms with Crippen molar-refractivity contribution in [3.8, 4) is 0 Å². The number of carbonyl (C=O) groups is 3. The van der Waals surface area contributed by atoms with Gasteiger partial charge in [0.05, 0.1) is 17.3 Å². The highest BCUT2D eigenvalue weighted by Crippen LogP contribution is 2.44. The average Bonchev–Trinajstić information content (AvgIpc) is 3.35. The van der Waals surface area contributed by atoms with Gasteiger partial charge in [0.1, 0.15) is 5.66 Å². The molecule has 0 radical (unpaired) electrons. The molecule has 6 nitrogen and oxygen atoms in total. The van der Waals surface area contributed by atoms with E-state index in [1.54, 1.807) is 45.2 Å². The first-order valence-corrected chi connectivity index (χ1v) is 10.8. The van der Waals surface area contributed by atoms with Crippen molar-refractivity contribution in [3.05, 3.63) is 52.2 Å². The van der Waals surface area contributed by atoms with E-state index < -0.39 is 5.66 Å². The van der Waals surface area contributed by atoms with Crippen LogP contribution in [0.3, 0.4) is 0 Å². The number of para-hydroxylation sites is 1. The Morgan fingerprint density at radius 3 is 2.72 bits per heavy atom. The quantitative estimate of drug-likeness (QED) is 0.754. The molecule has 2 aliphatic rings. The molecule has 3 heterocycles. The van der Waals surface area contributed by atoms with Crippen LogP contribution < -0.4 is 4.90 Å². The van der Waals surface area contributed by atoms with Crippen LogP contribution in [0, 0.1) is 0 Å². The lowest BCUT2D eigenvalue weighted by Gasteiger charge is -2.48. The van der Waals surface area contributed by atoms with Gasteiger partial charge in [-0.2, -0.15) is 0 Å². The summed E-state index contributed by atoms with van der Waals surface area (Å²) >= 11 is 1.63. The Morgan fingerprint density at radius 1 is 1.24 bits per heavy atom. The van der Waals surface area contributed by atoms with Crippen LogP contribution in [0.4, 0.5) is 5.69 Å². The van der Waals surface area contributed by atoms with E-state index in [-0.39, 0.29) is 36.7 Å². The standard InChI is InChI=1S/C22H25N3O3S/c1-15(18-9-6-14-29-18)23(3)19(26)11-13-24-21(28)16-7-4-5-8-17(16)25-20(27)10-12-22(24,25)2/h4-9,14-15H,10-13H2,1-3H3. The summed E-state index contributed by atoms with van der Waals surface area (Å²) in [5.74, 6) is -0.111. The predicted molar refractivity (Wildman–Crippen MR) is 113 cm³/mol. The number of rotatable bonds is 5. The van der Waals surface area contributed by atoms with E-state index in [0.29, 0.717) is 24.1 Å². The van der Waals surface area contributed by atoms with Gasteiger partial charge in [-0.1, -0.05) is 18.2 Å². The Hall–Kier alpha value is -2.67. The molecule has 1 saturated heterocycles. The zero-order chi connectivity index (χ0) is 20.8. The average molecular weight is 412 g/mol. The normalized spacial score (nSPS) is 21.8. The summed E-state index contributed by atoms with van der Waals surface area (Å²) in [6.07, 6.45) is 1.19. The van der Waals surface area contributed by atoms with Gasteiger partial charge >= 0.3 is 0 Å². The summed E-state index contributed by atoms with van der Waals surface area (Å²) < 4.78 is 0. The number of fused-ring (bicyclic) bond motifs is 3. The Labute approximate surface area is 174 Å². The van der Waals surface area contributed by atoms with Crippen LogP contribution >= 0.6 is 11.3 Å². The van der Waals surface area contributed by atoms with E-state index >= 15 is 0 Å². The van der Waals surface area contributed by atoms with Gasteiger partial charge in [-0.15, -0.1) is 11.3 Å². The van der Waals surface area contributed by atoms with Crippen molar-refractivity contribution in [1.29, 1.82) is 0 Å². The zero-order valence-electron chi connectivity index (χ0n) is 16.9. The summed E-state index contributed by atoms with van der Waals surface area (Å²) in [4.78, 5) is 45.0. The highest BCUT2D eigenvalue weighted by atomic mass is 32.1. The van der Waals surface area contributed by atoms with Crippen LogP contribution in [0.1, 0.15) is 54.4 Å². The second kappa shape index (κ2) is 7.30. The fourth-order valence-electron chi connectivity index (χ4n) is 4.36. The molecule has 0 spiro atoms. The maximum Gasteiger partial charge on any atom is 0.257 e. The van der Waals surface area contributed by atoms with E-state index in [1.165, 1.54) is 0 Å². The molecule has 0 saturated carbocycles. The maximum atomic E-state index is 13.2. The SMILES string of the molecule is CC(c1cccs1)N(C)C(=O)CCN1C(=O)c2ccccc2N2C(=O)CCC12C. The van der Waals surface area contributed by atoms with Gasteiger partial charge in [-0.05, 0) is 43.8 Å². The van der Waals surface area contributed by atoms with Crippen molar-refractivity contribution in [1.82, 2.24) is 9.80 Å². The number of hydrogen-bond donors (Lipinski definition) is 0. The highest BCUT2D eigenvalue weighted by Gasteiger charge is 2.52. The number of hydrogen-bond acceptors (Lipinski definition) is 4. The third-order valence-electron chi connectivity index (χ3n) is 6.22. The molecule has 29 heavy (non-hydrogen) atoms. The van der Waals surface area contributed by atoms with Crippen molar-refractivity contribution in [2.45, 2.75) is 44.8 Å². The van der Waals surface area contributed by atoms with Gasteiger partial charge < -0.3 is 9.80 Å². The highest BCUT2D eigenvalue weighted by molar-refractivity contribution is 7.10. The fourth-order valence-corrected chi connectivity index (χ4v) is 5.19. The van der Waals surface area contributed by atoms with Crippen molar-refractivity contribution in [2.24, 2.45) is 0 Å². The van der Waals surface area contributed by atoms with E-state index in [0.717, 1.165) is 4.88 Å². The van der Waals surface area contributed by atoms with Gasteiger partial charge in [0.2, 0.25) is 11.8 Å². The third kappa shape index (κ3) is 3.13. The molecule has 2 aliphatic heterocycles. The first kappa shape index (κ1) is 19.6. The first-order chi connectivity index (χ1) is 13.8. The second-order valence-electron chi connectivity index (χ2n) is 7.87. The van der Waals surface area contributed by atoms with Crippen LogP contribution in [0.5, 0.6) is 0 Å². The van der Waals surface area contributed by atoms with Crippen LogP contribution in [-0.2, 0) is 9.59 Å². The molecule has 1 aromatic carbocycles. The molecule has 2 unspecified atom stereocenters. The molecular formula is C22H25N3O3S. The third-order valence-corrected chi connectivity index (χ3v) is 7.27. The monoisotopic (exact) mass is 411 g/mol. The molecule has 0 aliphatic carbocycles. The van der Waals surface area contributed by atoms with Crippen LogP contribution in [0.25, 0.3) is 0 Å². The van der Waals surface area contributed by atoms with Crippen LogP contribution in [-0.4, -0.2) is 46.8 Å². The predicted octanol–water partition coefficient (Wildman–Crippen LogP) is 3.66. The Balaban J connectivity index is 1.55. The number of thiophene rings is 1. The minimum absolute atomic E-state index is 0.0135. The van der Waals surface area contributed by atoms with Gasteiger partial charge in [0.15, 0.2) is 0 Å². The molecule has 152 valence electrons. The molecule has 4 rings (SSSR count). The molecule has 1 fully saturated rings. The number of benzene rings is 1. The van der Waals surface area contributed by atoms with Crippen LogP contribution in [0.2, 0.25) is 0 Å². The zero-order valence-corrected chi connectivity index (χ0v) is 17.7. The lowest BCUT2D eigenvalue weighted by molar-refractivity contribution is -0.132. The van der Waals surface area contributed by atoms with Gasteiger partial charge in [0.25, 0.3) is 5.91 Å². The second-order valence-corrected chi connectivity index (χ2v) is 8.85. The van der Waals surface area contributed by atoms with E-state index in [1.807, 2.05) is 43.5 Å². The Bertz CT molecular complexity index is 958. The summed E-state index contributed by atoms with van der Waals surface area (Å²) in [5.41, 5.74) is 0.474. The number of nitrogens with zero attached hydrogens (tertiary/aromatic N) is 3. The smallest absolute Gasteiger partial charge is 0.257 e. The first-order valence-electron chi connectivity index (χ1n) is 9.87. The summed E-state index contributed by atoms with van der Waals surface area (Å²) in [6.45, 7) is 4.21. The van der Waals surface area contributed by atoms with E-state index in [4.69, 9.17) is 0 Å². The minimum atomic E-state index is -0.721.